The number of carbonyl (C=O) groups excluding carboxylic acids is 1. The van der Waals surface area contributed by atoms with Crippen molar-refractivity contribution in [2.45, 2.75) is 46.8 Å². The Morgan fingerprint density at radius 2 is 1.77 bits per heavy atom. The van der Waals surface area contributed by atoms with Crippen molar-refractivity contribution in [3.63, 3.8) is 0 Å². The number of hydrogen-bond donors (Lipinski definition) is 1. The zero-order chi connectivity index (χ0) is 21.6. The van der Waals surface area contributed by atoms with Gasteiger partial charge >= 0.3 is 5.97 Å². The van der Waals surface area contributed by atoms with Crippen LogP contribution in [0.4, 0.5) is 5.82 Å². The molecule has 0 atom stereocenters. The highest BCUT2D eigenvalue weighted by atomic mass is 16.6. The lowest BCUT2D eigenvalue weighted by Crippen LogP contribution is -2.26. The van der Waals surface area contributed by atoms with Crippen molar-refractivity contribution < 1.29 is 9.53 Å². The molecule has 4 rings (SSSR count). The topological polar surface area (TPSA) is 83.0 Å². The third kappa shape index (κ3) is 3.61. The van der Waals surface area contributed by atoms with Gasteiger partial charge in [0.15, 0.2) is 0 Å². The number of fused-ring (bicyclic) bond motifs is 3. The monoisotopic (exact) mass is 402 g/mol. The first-order chi connectivity index (χ1) is 14.1. The van der Waals surface area contributed by atoms with E-state index in [2.05, 4.69) is 53.3 Å². The van der Waals surface area contributed by atoms with Crippen molar-refractivity contribution in [3.05, 3.63) is 53.9 Å². The normalized spacial score (nSPS) is 11.9. The minimum Gasteiger partial charge on any atom is -0.459 e. The summed E-state index contributed by atoms with van der Waals surface area (Å²) in [5.41, 5.74) is 11.7. The highest BCUT2D eigenvalue weighted by Crippen LogP contribution is 2.36. The lowest BCUT2D eigenvalue weighted by atomic mass is 9.99. The number of esters is 1. The fourth-order valence-electron chi connectivity index (χ4n) is 3.86. The number of nitrogens with zero attached hydrogens (tertiary/aromatic N) is 3. The molecule has 0 amide bonds. The van der Waals surface area contributed by atoms with E-state index >= 15 is 0 Å². The lowest BCUT2D eigenvalue weighted by molar-refractivity contribution is -0.155. The fraction of sp³-hybridized carbons (Fsp3) is 0.292. The van der Waals surface area contributed by atoms with Gasteiger partial charge < -0.3 is 15.0 Å². The van der Waals surface area contributed by atoms with Gasteiger partial charge in [-0.2, -0.15) is 0 Å². The summed E-state index contributed by atoms with van der Waals surface area (Å²) in [4.78, 5) is 21.3. The number of anilines is 1. The van der Waals surface area contributed by atoms with Crippen LogP contribution in [-0.2, 0) is 16.1 Å². The molecule has 0 radical (unpaired) electrons. The number of aromatic nitrogens is 3. The van der Waals surface area contributed by atoms with Crippen molar-refractivity contribution in [1.29, 1.82) is 0 Å². The molecule has 30 heavy (non-hydrogen) atoms. The molecule has 0 spiro atoms. The van der Waals surface area contributed by atoms with E-state index in [9.17, 15) is 4.79 Å². The van der Waals surface area contributed by atoms with E-state index in [0.29, 0.717) is 11.5 Å². The van der Waals surface area contributed by atoms with E-state index in [1.54, 1.807) is 0 Å². The second-order valence-corrected chi connectivity index (χ2v) is 8.69. The van der Waals surface area contributed by atoms with Gasteiger partial charge in [0.05, 0.1) is 10.9 Å². The molecule has 2 N–H and O–H groups in total. The van der Waals surface area contributed by atoms with Gasteiger partial charge in [-0.3, -0.25) is 4.79 Å². The number of rotatable bonds is 3. The van der Waals surface area contributed by atoms with E-state index < -0.39 is 5.60 Å². The average Bonchev–Trinajstić information content (AvgIpc) is 2.96. The standard InChI is InChI=1S/C24H26N4O2/c1-14-6-8-16(9-7-14)17-10-15(2)21-18(11-17)20-22(25)26-13-27-23(20)28(21)12-19(29)30-24(3,4)5/h6-11,13H,12H2,1-5H3,(H2,25,26,27). The number of aryl methyl sites for hydroxylation is 2. The second kappa shape index (κ2) is 7.13. The molecule has 0 saturated carbocycles. The molecule has 0 aliphatic carbocycles. The van der Waals surface area contributed by atoms with Crippen LogP contribution >= 0.6 is 0 Å². The van der Waals surface area contributed by atoms with Gasteiger partial charge in [0.2, 0.25) is 0 Å². The molecule has 154 valence electrons. The zero-order valence-corrected chi connectivity index (χ0v) is 18.0. The van der Waals surface area contributed by atoms with Crippen LogP contribution in [0.2, 0.25) is 0 Å². The largest absolute Gasteiger partial charge is 0.459 e. The first-order valence-corrected chi connectivity index (χ1v) is 9.96. The Balaban J connectivity index is 1.94. The van der Waals surface area contributed by atoms with Gasteiger partial charge in [0, 0.05) is 5.39 Å². The third-order valence-electron chi connectivity index (χ3n) is 5.04. The summed E-state index contributed by atoms with van der Waals surface area (Å²) in [6.07, 6.45) is 1.43. The highest BCUT2D eigenvalue weighted by molar-refractivity contribution is 6.13. The summed E-state index contributed by atoms with van der Waals surface area (Å²) >= 11 is 0. The van der Waals surface area contributed by atoms with Gasteiger partial charge in [-0.15, -0.1) is 0 Å². The molecule has 0 aliphatic heterocycles. The van der Waals surface area contributed by atoms with Crippen molar-refractivity contribution in [3.8, 4) is 11.1 Å². The molecule has 0 unspecified atom stereocenters. The number of nitrogen functional groups attached to an aromatic ring is 1. The van der Waals surface area contributed by atoms with Gasteiger partial charge in [0.1, 0.15) is 29.9 Å². The van der Waals surface area contributed by atoms with Crippen LogP contribution in [0.25, 0.3) is 33.1 Å². The summed E-state index contributed by atoms with van der Waals surface area (Å²) in [7, 11) is 0. The number of hydrogen-bond acceptors (Lipinski definition) is 5. The Hall–Kier alpha value is -3.41. The Labute approximate surface area is 175 Å². The van der Waals surface area contributed by atoms with E-state index in [-0.39, 0.29) is 12.5 Å². The first-order valence-electron chi connectivity index (χ1n) is 9.96. The summed E-state index contributed by atoms with van der Waals surface area (Å²) in [5, 5.41) is 1.69. The molecule has 0 aliphatic rings. The molecular weight excluding hydrogens is 376 g/mol. The molecule has 0 bridgehead atoms. The average molecular weight is 402 g/mol. The van der Waals surface area contributed by atoms with Crippen LogP contribution in [0.1, 0.15) is 31.9 Å². The smallest absolute Gasteiger partial charge is 0.326 e. The second-order valence-electron chi connectivity index (χ2n) is 8.69. The molecule has 6 heteroatoms. The maximum atomic E-state index is 12.6. The van der Waals surface area contributed by atoms with Crippen LogP contribution in [0.3, 0.4) is 0 Å². The Kier molecular flexibility index (Phi) is 4.73. The summed E-state index contributed by atoms with van der Waals surface area (Å²) < 4.78 is 7.43. The first kappa shape index (κ1) is 19.9. The number of carbonyl (C=O) groups is 1. The van der Waals surface area contributed by atoms with Gasteiger partial charge in [-0.05, 0) is 63.4 Å². The van der Waals surface area contributed by atoms with E-state index in [0.717, 1.165) is 33.0 Å². The van der Waals surface area contributed by atoms with Gasteiger partial charge in [-0.25, -0.2) is 9.97 Å². The van der Waals surface area contributed by atoms with Crippen molar-refractivity contribution >= 4 is 33.7 Å². The number of benzene rings is 2. The SMILES string of the molecule is Cc1ccc(-c2cc(C)c3c(c2)c2c(N)ncnc2n3CC(=O)OC(C)(C)C)cc1. The Morgan fingerprint density at radius 1 is 1.07 bits per heavy atom. The Bertz CT molecular complexity index is 1260. The van der Waals surface area contributed by atoms with Crippen LogP contribution in [0, 0.1) is 13.8 Å². The fourth-order valence-corrected chi connectivity index (χ4v) is 3.86. The molecule has 2 aromatic carbocycles. The van der Waals surface area contributed by atoms with Gasteiger partial charge in [-0.1, -0.05) is 29.8 Å². The molecule has 6 nitrogen and oxygen atoms in total. The minimum absolute atomic E-state index is 0.0540. The lowest BCUT2D eigenvalue weighted by Gasteiger charge is -2.20. The van der Waals surface area contributed by atoms with Crippen LogP contribution in [-0.4, -0.2) is 26.1 Å². The van der Waals surface area contributed by atoms with Crippen molar-refractivity contribution in [2.24, 2.45) is 0 Å². The summed E-state index contributed by atoms with van der Waals surface area (Å²) in [6, 6.07) is 12.6. The zero-order valence-electron chi connectivity index (χ0n) is 18.0. The minimum atomic E-state index is -0.558. The summed E-state index contributed by atoms with van der Waals surface area (Å²) in [5.74, 6) is 0.0777. The predicted molar refractivity (Wildman–Crippen MR) is 120 cm³/mol. The molecular formula is C24H26N4O2. The molecule has 0 saturated heterocycles. The van der Waals surface area contributed by atoms with Crippen LogP contribution < -0.4 is 5.73 Å². The van der Waals surface area contributed by atoms with E-state index in [4.69, 9.17) is 10.5 Å². The van der Waals surface area contributed by atoms with E-state index in [1.807, 2.05) is 32.3 Å². The van der Waals surface area contributed by atoms with Crippen molar-refractivity contribution in [1.82, 2.24) is 14.5 Å². The quantitative estimate of drug-likeness (QED) is 0.498. The Morgan fingerprint density at radius 3 is 2.43 bits per heavy atom. The van der Waals surface area contributed by atoms with Crippen LogP contribution in [0.5, 0.6) is 0 Å². The van der Waals surface area contributed by atoms with Crippen LogP contribution in [0.15, 0.2) is 42.7 Å². The predicted octanol–water partition coefficient (Wildman–Crippen LogP) is 4.79. The number of nitrogens with two attached hydrogens (primary N) is 1. The van der Waals surface area contributed by atoms with E-state index in [1.165, 1.54) is 11.9 Å². The maximum Gasteiger partial charge on any atom is 0.326 e. The van der Waals surface area contributed by atoms with Crippen molar-refractivity contribution in [2.75, 3.05) is 5.73 Å². The molecule has 2 heterocycles. The maximum absolute atomic E-state index is 12.6. The molecule has 0 fully saturated rings. The highest BCUT2D eigenvalue weighted by Gasteiger charge is 2.22. The third-order valence-corrected chi connectivity index (χ3v) is 5.04. The molecule has 2 aromatic heterocycles. The van der Waals surface area contributed by atoms with Gasteiger partial charge in [0.25, 0.3) is 0 Å². The summed E-state index contributed by atoms with van der Waals surface area (Å²) in [6.45, 7) is 9.73. The number of ether oxygens (including phenoxy) is 1. The molecule has 4 aromatic rings.